The number of alkyl halides is 3. The summed E-state index contributed by atoms with van der Waals surface area (Å²) in [6.07, 6.45) is -4.45. The van der Waals surface area contributed by atoms with Crippen molar-refractivity contribution in [3.05, 3.63) is 71.2 Å². The molecule has 0 aliphatic carbocycles. The van der Waals surface area contributed by atoms with Crippen LogP contribution in [0.1, 0.15) is 23.2 Å². The van der Waals surface area contributed by atoms with Gasteiger partial charge in [0.15, 0.2) is 13.2 Å². The lowest BCUT2D eigenvalue weighted by molar-refractivity contribution is -0.137. The number of halogens is 4. The van der Waals surface area contributed by atoms with Crippen LogP contribution < -0.4 is 5.30 Å². The van der Waals surface area contributed by atoms with Gasteiger partial charge in [0.05, 0.1) is 54.5 Å². The molecule has 13 heteroatoms. The zero-order chi connectivity index (χ0) is 27.8. The lowest BCUT2D eigenvalue weighted by atomic mass is 10.2. The van der Waals surface area contributed by atoms with Gasteiger partial charge in [-0.15, -0.1) is 0 Å². The summed E-state index contributed by atoms with van der Waals surface area (Å²) in [5, 5.41) is 14.5. The Kier molecular flexibility index (Phi) is 7.33. The maximum absolute atomic E-state index is 14.2. The SMILES string of the molecule is Cc1nn(CCC#N)c2c1[P@@](=Nc1ccccc1C(F)(F)F)(N1CCOCC1)N(C)C(c1ccc(F)cc1)=N2. The molecule has 5 rings (SSSR count). The first kappa shape index (κ1) is 27.1. The number of ether oxygens (including phenoxy) is 1. The Bertz CT molecular complexity index is 1500. The highest BCUT2D eigenvalue weighted by atomic mass is 31.2. The first-order valence-corrected chi connectivity index (χ1v) is 14.0. The van der Waals surface area contributed by atoms with Gasteiger partial charge in [0.2, 0.25) is 0 Å². The molecule has 2 aliphatic heterocycles. The summed E-state index contributed by atoms with van der Waals surface area (Å²) in [5.41, 5.74) is 0.122. The fraction of sp³-hybridized carbons (Fsp3) is 0.346. The molecule has 3 heterocycles. The van der Waals surface area contributed by atoms with Gasteiger partial charge in [0, 0.05) is 25.7 Å². The van der Waals surface area contributed by atoms with E-state index in [0.717, 1.165) is 6.07 Å². The summed E-state index contributed by atoms with van der Waals surface area (Å²) in [5.74, 6) is 0.438. The third-order valence-electron chi connectivity index (χ3n) is 6.68. The predicted octanol–water partition coefficient (Wildman–Crippen LogP) is 5.61. The van der Waals surface area contributed by atoms with Crippen LogP contribution in [0.3, 0.4) is 0 Å². The van der Waals surface area contributed by atoms with Crippen LogP contribution >= 0.6 is 7.36 Å². The molecule has 1 aromatic heterocycles. The number of rotatable bonds is 5. The van der Waals surface area contributed by atoms with E-state index in [0.29, 0.717) is 54.5 Å². The number of morpholine rings is 1. The highest BCUT2D eigenvalue weighted by Gasteiger charge is 2.46. The molecule has 204 valence electrons. The minimum absolute atomic E-state index is 0.169. The molecule has 1 fully saturated rings. The van der Waals surface area contributed by atoms with Crippen molar-refractivity contribution in [2.24, 2.45) is 9.74 Å². The van der Waals surface area contributed by atoms with Crippen molar-refractivity contribution in [2.45, 2.75) is 26.1 Å². The largest absolute Gasteiger partial charge is 0.418 e. The maximum atomic E-state index is 14.2. The quantitative estimate of drug-likeness (QED) is 0.300. The average Bonchev–Trinajstić information content (AvgIpc) is 3.24. The summed E-state index contributed by atoms with van der Waals surface area (Å²) in [7, 11) is -1.46. The third kappa shape index (κ3) is 4.86. The maximum Gasteiger partial charge on any atom is 0.418 e. The molecule has 2 aromatic carbocycles. The van der Waals surface area contributed by atoms with Crippen molar-refractivity contribution < 1.29 is 22.3 Å². The molecule has 1 atom stereocenters. The second-order valence-electron chi connectivity index (χ2n) is 9.10. The number of aryl methyl sites for hydroxylation is 2. The van der Waals surface area contributed by atoms with Gasteiger partial charge in [-0.1, -0.05) is 12.1 Å². The van der Waals surface area contributed by atoms with Crippen molar-refractivity contribution in [3.8, 4) is 6.07 Å². The van der Waals surface area contributed by atoms with Crippen LogP contribution in [0.25, 0.3) is 0 Å². The van der Waals surface area contributed by atoms with Crippen LogP contribution in [0.4, 0.5) is 29.1 Å². The topological polar surface area (TPSA) is 82.0 Å². The molecule has 2 aliphatic rings. The second kappa shape index (κ2) is 10.6. The highest BCUT2D eigenvalue weighted by Crippen LogP contribution is 2.62. The van der Waals surface area contributed by atoms with Crippen molar-refractivity contribution >= 4 is 30.0 Å². The number of aliphatic imine (C=N–C) groups is 1. The normalized spacial score (nSPS) is 19.8. The lowest BCUT2D eigenvalue weighted by Gasteiger charge is -2.46. The molecule has 0 radical (unpaired) electrons. The van der Waals surface area contributed by atoms with Crippen LogP contribution in [0, 0.1) is 24.1 Å². The number of nitrogens with zero attached hydrogens (tertiary/aromatic N) is 7. The van der Waals surface area contributed by atoms with E-state index in [1.165, 1.54) is 30.3 Å². The zero-order valence-corrected chi connectivity index (χ0v) is 22.3. The Balaban J connectivity index is 1.88. The Hall–Kier alpha value is -3.52. The van der Waals surface area contributed by atoms with E-state index in [9.17, 15) is 22.8 Å². The van der Waals surface area contributed by atoms with E-state index in [-0.39, 0.29) is 18.7 Å². The van der Waals surface area contributed by atoms with Gasteiger partial charge >= 0.3 is 6.18 Å². The molecule has 1 saturated heterocycles. The average molecular weight is 560 g/mol. The number of nitriles is 1. The molecule has 3 aromatic rings. The summed E-state index contributed by atoms with van der Waals surface area (Å²) < 4.78 is 72.5. The Labute approximate surface area is 223 Å². The standard InChI is InChI=1S/C26H26F4N7OP/c1-18-23-25(37(33-18)13-5-12-31)32-24(19-8-10-20(27)11-9-19)35(2)39(23,36-14-16-38-17-15-36)34-22-7-4-3-6-21(22)26(28,29)30/h3-4,6-11H,5,13-17H2,1-2H3/t39-/m0/s1. The van der Waals surface area contributed by atoms with Gasteiger partial charge < -0.3 is 9.41 Å². The van der Waals surface area contributed by atoms with Crippen molar-refractivity contribution in [3.63, 3.8) is 0 Å². The number of fused-ring (bicyclic) bond motifs is 1. The van der Waals surface area contributed by atoms with Gasteiger partial charge in [0.25, 0.3) is 0 Å². The smallest absolute Gasteiger partial charge is 0.379 e. The number of benzene rings is 2. The van der Waals surface area contributed by atoms with Crippen LogP contribution in [-0.4, -0.2) is 58.3 Å². The van der Waals surface area contributed by atoms with Gasteiger partial charge in [0.1, 0.15) is 11.7 Å². The van der Waals surface area contributed by atoms with E-state index in [4.69, 9.17) is 14.5 Å². The third-order valence-corrected chi connectivity index (χ3v) is 10.5. The molecule has 8 nitrogen and oxygen atoms in total. The van der Waals surface area contributed by atoms with E-state index in [1.54, 1.807) is 30.8 Å². The van der Waals surface area contributed by atoms with Crippen molar-refractivity contribution in [1.29, 1.82) is 5.26 Å². The lowest BCUT2D eigenvalue weighted by Crippen LogP contribution is -2.45. The summed E-state index contributed by atoms with van der Waals surface area (Å²) >= 11 is 0. The van der Waals surface area contributed by atoms with E-state index in [2.05, 4.69) is 15.8 Å². The molecule has 0 spiro atoms. The highest BCUT2D eigenvalue weighted by molar-refractivity contribution is 7.70. The van der Waals surface area contributed by atoms with Gasteiger partial charge in [-0.25, -0.2) is 23.5 Å². The minimum atomic E-state index is -4.62. The van der Waals surface area contributed by atoms with Crippen LogP contribution in [0.5, 0.6) is 0 Å². The molecule has 0 N–H and O–H groups in total. The van der Waals surface area contributed by atoms with E-state index >= 15 is 0 Å². The molecule has 0 bridgehead atoms. The first-order chi connectivity index (χ1) is 18.7. The Morgan fingerprint density at radius 3 is 2.46 bits per heavy atom. The molecular formula is C26H26F4N7OP. The van der Waals surface area contributed by atoms with Gasteiger partial charge in [-0.05, 0) is 43.3 Å². The van der Waals surface area contributed by atoms with Crippen LogP contribution in [0.2, 0.25) is 0 Å². The molecule has 39 heavy (non-hydrogen) atoms. The zero-order valence-electron chi connectivity index (χ0n) is 21.4. The first-order valence-electron chi connectivity index (χ1n) is 12.3. The molecule has 0 unspecified atom stereocenters. The summed E-state index contributed by atoms with van der Waals surface area (Å²) in [6, 6.07) is 13.2. The molecular weight excluding hydrogens is 533 g/mol. The van der Waals surface area contributed by atoms with E-state index in [1.807, 2.05) is 4.67 Å². The predicted molar refractivity (Wildman–Crippen MR) is 140 cm³/mol. The van der Waals surface area contributed by atoms with Crippen LogP contribution in [0.15, 0.2) is 58.3 Å². The van der Waals surface area contributed by atoms with Gasteiger partial charge in [-0.3, -0.25) is 0 Å². The second-order valence-corrected chi connectivity index (χ2v) is 12.1. The number of hydrogen-bond donors (Lipinski definition) is 0. The monoisotopic (exact) mass is 559 g/mol. The van der Waals surface area contributed by atoms with Crippen molar-refractivity contribution in [2.75, 3.05) is 33.4 Å². The Morgan fingerprint density at radius 2 is 1.79 bits per heavy atom. The molecule has 0 saturated carbocycles. The summed E-state index contributed by atoms with van der Waals surface area (Å²) in [4.78, 5) is 4.90. The van der Waals surface area contributed by atoms with Crippen LogP contribution in [-0.2, 0) is 17.5 Å². The fourth-order valence-corrected chi connectivity index (χ4v) is 8.79. The Morgan fingerprint density at radius 1 is 1.10 bits per heavy atom. The number of amidine groups is 1. The number of aromatic nitrogens is 2. The molecule has 0 amide bonds. The summed E-state index contributed by atoms with van der Waals surface area (Å²) in [6.45, 7) is 3.65. The van der Waals surface area contributed by atoms with Crippen molar-refractivity contribution in [1.82, 2.24) is 19.1 Å². The van der Waals surface area contributed by atoms with Gasteiger partial charge in [-0.2, -0.15) is 23.5 Å². The minimum Gasteiger partial charge on any atom is -0.379 e. The van der Waals surface area contributed by atoms with E-state index < -0.39 is 24.9 Å². The fourth-order valence-electron chi connectivity index (χ4n) is 4.93. The number of hydrogen-bond acceptors (Lipinski definition) is 5.